The van der Waals surface area contributed by atoms with Crippen molar-refractivity contribution in [3.05, 3.63) is 192 Å². The van der Waals surface area contributed by atoms with Crippen molar-refractivity contribution in [2.75, 3.05) is 0 Å². The molecule has 59 heavy (non-hydrogen) atoms. The molecule has 0 radical (unpaired) electrons. The van der Waals surface area contributed by atoms with Gasteiger partial charge in [0.1, 0.15) is 11.6 Å². The van der Waals surface area contributed by atoms with E-state index in [1.165, 1.54) is 0 Å². The van der Waals surface area contributed by atoms with Crippen molar-refractivity contribution in [3.8, 4) is 78.6 Å². The summed E-state index contributed by atoms with van der Waals surface area (Å²) in [6.07, 6.45) is 1.80. The summed E-state index contributed by atoms with van der Waals surface area (Å²) in [6, 6.07) is 55.3. The van der Waals surface area contributed by atoms with Crippen LogP contribution in [0.2, 0.25) is 0 Å². The Hall–Kier alpha value is -7.04. The van der Waals surface area contributed by atoms with Crippen LogP contribution >= 0.6 is 0 Å². The van der Waals surface area contributed by atoms with Crippen molar-refractivity contribution in [1.29, 1.82) is 0 Å². The van der Waals surface area contributed by atoms with E-state index in [1.807, 2.05) is 48.5 Å². The first kappa shape index (κ1) is 34.0. The number of aromatic nitrogens is 3. The van der Waals surface area contributed by atoms with Crippen molar-refractivity contribution >= 4 is 11.0 Å². The second-order valence-electron chi connectivity index (χ2n) is 16.5. The number of phenolic OH excluding ortho intramolecular Hbond substituents is 1. The predicted molar refractivity (Wildman–Crippen MR) is 246 cm³/mol. The Morgan fingerprint density at radius 3 is 1.92 bits per heavy atom. The van der Waals surface area contributed by atoms with Gasteiger partial charge >= 0.3 is 0 Å². The molecule has 0 unspecified atom stereocenters. The highest BCUT2D eigenvalue weighted by molar-refractivity contribution is 5.98. The molecular formula is C55H47N3O. The van der Waals surface area contributed by atoms with Gasteiger partial charge in [0.2, 0.25) is 0 Å². The average Bonchev–Trinajstić information content (AvgIpc) is 3.66. The van der Waals surface area contributed by atoms with Gasteiger partial charge in [0, 0.05) is 32.6 Å². The molecule has 0 aliphatic rings. The number of hydrogen-bond acceptors (Lipinski definition) is 3. The van der Waals surface area contributed by atoms with E-state index in [0.717, 1.165) is 89.2 Å². The molecule has 0 bridgehead atoms. The lowest BCUT2D eigenvalue weighted by Crippen LogP contribution is -2.12. The zero-order valence-electron chi connectivity index (χ0n) is 37.0. The molecule has 4 heteroatoms. The third-order valence-corrected chi connectivity index (χ3v) is 11.1. The highest BCUT2D eigenvalue weighted by Crippen LogP contribution is 2.44. The summed E-state index contributed by atoms with van der Waals surface area (Å²) in [4.78, 5) is 10.4. The molecule has 288 valence electrons. The van der Waals surface area contributed by atoms with Crippen molar-refractivity contribution in [2.45, 2.75) is 46.9 Å². The smallest absolute Gasteiger partial charge is 0.149 e. The van der Waals surface area contributed by atoms with E-state index in [9.17, 15) is 5.11 Å². The van der Waals surface area contributed by atoms with Gasteiger partial charge in [0.05, 0.1) is 28.0 Å². The summed E-state index contributed by atoms with van der Waals surface area (Å²) in [5.41, 5.74) is 16.1. The lowest BCUT2D eigenvalue weighted by Gasteiger charge is -2.23. The van der Waals surface area contributed by atoms with Crippen LogP contribution in [0.3, 0.4) is 0 Å². The number of rotatable bonds is 7. The molecule has 2 aromatic heterocycles. The summed E-state index contributed by atoms with van der Waals surface area (Å²) in [5.74, 6) is 0.875. The molecule has 0 aliphatic carbocycles. The standard InChI is InChI=1S/C55H47N3O/c1-35-20-23-39(24-21-35)41-26-27-56-49(34-41)44-32-42(38-14-9-7-10-15-38)31-43(33-44)45-18-13-19-51-52(45)57-54(47-29-37(3)30-48(53(47)59)55(4,5)6)58(51)50-25-22-36(2)28-46(50)40-16-11-8-12-17-40/h7-34,59H,1-6H3/i1D3. The van der Waals surface area contributed by atoms with Gasteiger partial charge in [-0.05, 0) is 120 Å². The SMILES string of the molecule is [2H]C([2H])([2H])c1ccc(-c2ccnc(-c3cc(-c4ccccc4)cc(-c4cccc5c4nc(-c4cc(C)cc(C(C)(C)C)c4O)n5-c4ccc(C)cc4-c4ccccc4)c3)c2)cc1. The molecule has 0 saturated carbocycles. The summed E-state index contributed by atoms with van der Waals surface area (Å²) < 4.78 is 25.7. The Balaban J connectivity index is 1.30. The first-order valence-corrected chi connectivity index (χ1v) is 20.0. The molecule has 0 aliphatic heterocycles. The topological polar surface area (TPSA) is 50.9 Å². The summed E-state index contributed by atoms with van der Waals surface area (Å²) in [6.45, 7) is 8.38. The Bertz CT molecular complexity index is 3110. The van der Waals surface area contributed by atoms with Gasteiger partial charge < -0.3 is 5.11 Å². The summed E-state index contributed by atoms with van der Waals surface area (Å²) in [5, 5.41) is 12.2. The molecule has 9 rings (SSSR count). The minimum atomic E-state index is -2.17. The van der Waals surface area contributed by atoms with Crippen LogP contribution < -0.4 is 0 Å². The van der Waals surface area contributed by atoms with E-state index in [2.05, 4.69) is 142 Å². The van der Waals surface area contributed by atoms with Crippen molar-refractivity contribution in [3.63, 3.8) is 0 Å². The van der Waals surface area contributed by atoms with E-state index >= 15 is 0 Å². The Morgan fingerprint density at radius 1 is 0.525 bits per heavy atom. The molecule has 7 aromatic carbocycles. The Kier molecular flexibility index (Phi) is 8.68. The second kappa shape index (κ2) is 15.0. The van der Waals surface area contributed by atoms with Crippen LogP contribution in [0.25, 0.3) is 83.9 Å². The minimum absolute atomic E-state index is 0.224. The van der Waals surface area contributed by atoms with Crippen LogP contribution in [0.1, 0.15) is 47.1 Å². The van der Waals surface area contributed by atoms with Gasteiger partial charge in [0.25, 0.3) is 0 Å². The number of aromatic hydroxyl groups is 1. The Morgan fingerprint density at radius 2 is 1.19 bits per heavy atom. The third kappa shape index (κ3) is 7.23. The molecule has 0 fully saturated rings. The lowest BCUT2D eigenvalue weighted by atomic mass is 9.84. The fraction of sp³-hybridized carbons (Fsp3) is 0.127. The highest BCUT2D eigenvalue weighted by Gasteiger charge is 2.27. The normalized spacial score (nSPS) is 12.6. The van der Waals surface area contributed by atoms with E-state index in [0.29, 0.717) is 17.0 Å². The summed E-state index contributed by atoms with van der Waals surface area (Å²) >= 11 is 0. The number of imidazole rings is 1. The maximum Gasteiger partial charge on any atom is 0.149 e. The number of pyridine rings is 1. The van der Waals surface area contributed by atoms with Crippen LogP contribution in [-0.2, 0) is 5.41 Å². The van der Waals surface area contributed by atoms with Gasteiger partial charge in [0.15, 0.2) is 0 Å². The first-order valence-electron chi connectivity index (χ1n) is 21.5. The first-order chi connectivity index (χ1) is 29.7. The van der Waals surface area contributed by atoms with Crippen LogP contribution in [0.5, 0.6) is 5.75 Å². The third-order valence-electron chi connectivity index (χ3n) is 11.1. The fourth-order valence-corrected chi connectivity index (χ4v) is 8.13. The van der Waals surface area contributed by atoms with E-state index in [1.54, 1.807) is 18.3 Å². The van der Waals surface area contributed by atoms with Gasteiger partial charge in [-0.1, -0.05) is 141 Å². The molecule has 0 saturated heterocycles. The quantitative estimate of drug-likeness (QED) is 0.176. The van der Waals surface area contributed by atoms with Crippen LogP contribution in [-0.4, -0.2) is 19.6 Å². The van der Waals surface area contributed by atoms with Gasteiger partial charge in [-0.3, -0.25) is 9.55 Å². The number of para-hydroxylation sites is 1. The molecule has 0 atom stereocenters. The minimum Gasteiger partial charge on any atom is -0.507 e. The molecular weight excluding hydrogens is 719 g/mol. The number of aryl methyl sites for hydroxylation is 3. The van der Waals surface area contributed by atoms with Crippen molar-refractivity contribution in [1.82, 2.24) is 14.5 Å². The molecule has 9 aromatic rings. The van der Waals surface area contributed by atoms with Gasteiger partial charge in [-0.25, -0.2) is 4.98 Å². The predicted octanol–water partition coefficient (Wildman–Crippen LogP) is 14.4. The molecule has 4 nitrogen and oxygen atoms in total. The zero-order valence-corrected chi connectivity index (χ0v) is 34.0. The van der Waals surface area contributed by atoms with Crippen LogP contribution in [0, 0.1) is 20.7 Å². The maximum atomic E-state index is 12.2. The molecule has 0 amide bonds. The monoisotopic (exact) mass is 768 g/mol. The van der Waals surface area contributed by atoms with E-state index in [4.69, 9.17) is 14.1 Å². The number of phenols is 1. The molecule has 2 heterocycles. The van der Waals surface area contributed by atoms with E-state index in [-0.39, 0.29) is 11.2 Å². The Labute approximate surface area is 351 Å². The van der Waals surface area contributed by atoms with Crippen LogP contribution in [0.15, 0.2) is 170 Å². The number of hydrogen-bond donors (Lipinski definition) is 1. The summed E-state index contributed by atoms with van der Waals surface area (Å²) in [7, 11) is 0. The molecule has 1 N–H and O–H groups in total. The molecule has 0 spiro atoms. The lowest BCUT2D eigenvalue weighted by molar-refractivity contribution is 0.448. The largest absolute Gasteiger partial charge is 0.507 e. The van der Waals surface area contributed by atoms with Crippen molar-refractivity contribution in [2.24, 2.45) is 0 Å². The highest BCUT2D eigenvalue weighted by atomic mass is 16.3. The maximum absolute atomic E-state index is 12.2. The number of fused-ring (bicyclic) bond motifs is 1. The van der Waals surface area contributed by atoms with Gasteiger partial charge in [-0.2, -0.15) is 0 Å². The fourth-order valence-electron chi connectivity index (χ4n) is 8.13. The number of benzene rings is 7. The van der Waals surface area contributed by atoms with Crippen molar-refractivity contribution < 1.29 is 9.22 Å². The average molecular weight is 769 g/mol. The van der Waals surface area contributed by atoms with Gasteiger partial charge in [-0.15, -0.1) is 0 Å². The number of nitrogens with zero attached hydrogens (tertiary/aromatic N) is 3. The second-order valence-corrected chi connectivity index (χ2v) is 16.5. The van der Waals surface area contributed by atoms with E-state index < -0.39 is 6.85 Å². The zero-order chi connectivity index (χ0) is 43.3. The van der Waals surface area contributed by atoms with Crippen LogP contribution in [0.4, 0.5) is 0 Å².